The number of nitrogens with zero attached hydrogens (tertiary/aromatic N) is 1. The number of ether oxygens (including phenoxy) is 1. The monoisotopic (exact) mass is 203 g/mol. The van der Waals surface area contributed by atoms with Crippen LogP contribution in [0.15, 0.2) is 0 Å². The number of ketones is 1. The van der Waals surface area contributed by atoms with Crippen LogP contribution in [0.1, 0.15) is 6.92 Å². The van der Waals surface area contributed by atoms with E-state index in [4.69, 9.17) is 4.74 Å². The lowest BCUT2D eigenvalue weighted by molar-refractivity contribution is -0.127. The first-order chi connectivity index (χ1) is 6.25. The highest BCUT2D eigenvalue weighted by molar-refractivity contribution is 7.99. The van der Waals surface area contributed by atoms with E-state index >= 15 is 0 Å². The van der Waals surface area contributed by atoms with Gasteiger partial charge in [0, 0.05) is 24.7 Å². The molecule has 1 unspecified atom stereocenters. The van der Waals surface area contributed by atoms with Crippen molar-refractivity contribution in [3.8, 4) is 0 Å². The minimum atomic E-state index is 0.0744. The van der Waals surface area contributed by atoms with E-state index in [2.05, 4.69) is 4.90 Å². The number of rotatable bonds is 4. The van der Waals surface area contributed by atoms with Gasteiger partial charge in [-0.1, -0.05) is 0 Å². The summed E-state index contributed by atoms with van der Waals surface area (Å²) in [6.45, 7) is 3.81. The zero-order valence-electron chi connectivity index (χ0n) is 8.28. The van der Waals surface area contributed by atoms with Gasteiger partial charge in [0.1, 0.15) is 6.61 Å². The fourth-order valence-corrected chi connectivity index (χ4v) is 2.57. The molecule has 0 N–H and O–H groups in total. The van der Waals surface area contributed by atoms with E-state index in [1.54, 1.807) is 0 Å². The normalized spacial score (nSPS) is 24.6. The standard InChI is InChI=1S/C9H17NO2S/c1-3-12-6-9(11)8-7-13-5-4-10(8)2/h8H,3-7H2,1-2H3. The molecule has 1 fully saturated rings. The summed E-state index contributed by atoms with van der Waals surface area (Å²) in [6.07, 6.45) is 0. The Morgan fingerprint density at radius 3 is 3.08 bits per heavy atom. The Kier molecular flexibility index (Phi) is 4.77. The van der Waals surface area contributed by atoms with Crippen LogP contribution in [0, 0.1) is 0 Å². The lowest BCUT2D eigenvalue weighted by atomic mass is 10.2. The Morgan fingerprint density at radius 1 is 1.69 bits per heavy atom. The minimum absolute atomic E-state index is 0.0744. The van der Waals surface area contributed by atoms with Gasteiger partial charge in [0.25, 0.3) is 0 Å². The van der Waals surface area contributed by atoms with Gasteiger partial charge in [-0.25, -0.2) is 0 Å². The number of thioether (sulfide) groups is 1. The molecule has 4 heteroatoms. The van der Waals surface area contributed by atoms with E-state index in [9.17, 15) is 4.79 Å². The van der Waals surface area contributed by atoms with E-state index in [-0.39, 0.29) is 18.4 Å². The molecule has 0 saturated carbocycles. The summed E-state index contributed by atoms with van der Waals surface area (Å²) in [5, 5.41) is 0. The topological polar surface area (TPSA) is 29.5 Å². The van der Waals surface area contributed by atoms with Gasteiger partial charge in [-0.05, 0) is 14.0 Å². The van der Waals surface area contributed by atoms with Crippen LogP contribution in [0.25, 0.3) is 0 Å². The van der Waals surface area contributed by atoms with Gasteiger partial charge in [0.2, 0.25) is 0 Å². The molecule has 1 heterocycles. The average molecular weight is 203 g/mol. The van der Waals surface area contributed by atoms with Crippen molar-refractivity contribution < 1.29 is 9.53 Å². The van der Waals surface area contributed by atoms with Crippen molar-refractivity contribution in [1.29, 1.82) is 0 Å². The molecule has 1 atom stereocenters. The Morgan fingerprint density at radius 2 is 2.46 bits per heavy atom. The number of likely N-dealkylation sites (N-methyl/N-ethyl adjacent to an activating group) is 1. The van der Waals surface area contributed by atoms with Gasteiger partial charge in [0.15, 0.2) is 5.78 Å². The fourth-order valence-electron chi connectivity index (χ4n) is 1.32. The molecule has 0 amide bonds. The third-order valence-corrected chi connectivity index (χ3v) is 3.24. The van der Waals surface area contributed by atoms with Crippen molar-refractivity contribution in [3.05, 3.63) is 0 Å². The van der Waals surface area contributed by atoms with Crippen LogP contribution in [-0.4, -0.2) is 55.0 Å². The highest BCUT2D eigenvalue weighted by atomic mass is 32.2. The molecule has 0 aromatic heterocycles. The molecule has 0 radical (unpaired) electrons. The molecule has 3 nitrogen and oxygen atoms in total. The molecule has 1 aliphatic rings. The summed E-state index contributed by atoms with van der Waals surface area (Å²) in [7, 11) is 2.01. The Balaban J connectivity index is 2.35. The van der Waals surface area contributed by atoms with Crippen LogP contribution in [0.2, 0.25) is 0 Å². The van der Waals surface area contributed by atoms with E-state index in [1.807, 2.05) is 25.7 Å². The maximum Gasteiger partial charge on any atom is 0.176 e. The number of carbonyl (C=O) groups excluding carboxylic acids is 1. The summed E-state index contributed by atoms with van der Waals surface area (Å²) in [5.74, 6) is 2.27. The Labute approximate surface area is 83.8 Å². The van der Waals surface area contributed by atoms with Crippen LogP contribution < -0.4 is 0 Å². The molecule has 76 valence electrons. The Hall–Kier alpha value is -0.0600. The lowest BCUT2D eigenvalue weighted by Crippen LogP contribution is -2.46. The van der Waals surface area contributed by atoms with Gasteiger partial charge in [-0.15, -0.1) is 0 Å². The third-order valence-electron chi connectivity index (χ3n) is 2.22. The highest BCUT2D eigenvalue weighted by Gasteiger charge is 2.25. The molecule has 0 spiro atoms. The van der Waals surface area contributed by atoms with Crippen LogP contribution in [0.3, 0.4) is 0 Å². The second kappa shape index (κ2) is 5.62. The van der Waals surface area contributed by atoms with Crippen LogP contribution in [-0.2, 0) is 9.53 Å². The van der Waals surface area contributed by atoms with Crippen LogP contribution >= 0.6 is 11.8 Å². The van der Waals surface area contributed by atoms with Gasteiger partial charge in [0.05, 0.1) is 6.04 Å². The highest BCUT2D eigenvalue weighted by Crippen LogP contribution is 2.15. The summed E-state index contributed by atoms with van der Waals surface area (Å²) in [5.41, 5.74) is 0. The number of Topliss-reactive ketones (excluding diaryl/α,β-unsaturated/α-hetero) is 1. The number of hydrogen-bond donors (Lipinski definition) is 0. The van der Waals surface area contributed by atoms with E-state index in [0.717, 1.165) is 18.1 Å². The predicted octanol–water partition coefficient (Wildman–Crippen LogP) is 0.639. The van der Waals surface area contributed by atoms with Crippen molar-refractivity contribution in [3.63, 3.8) is 0 Å². The molecule has 0 aliphatic carbocycles. The van der Waals surface area contributed by atoms with Crippen molar-refractivity contribution in [1.82, 2.24) is 4.90 Å². The zero-order chi connectivity index (χ0) is 9.68. The molecular weight excluding hydrogens is 186 g/mol. The SMILES string of the molecule is CCOCC(=O)C1CSCCN1C. The summed E-state index contributed by atoms with van der Waals surface area (Å²) in [4.78, 5) is 13.7. The van der Waals surface area contributed by atoms with Gasteiger partial charge >= 0.3 is 0 Å². The second-order valence-electron chi connectivity index (χ2n) is 3.17. The first-order valence-corrected chi connectivity index (χ1v) is 5.79. The molecule has 1 aliphatic heterocycles. The van der Waals surface area contributed by atoms with Gasteiger partial charge in [-0.3, -0.25) is 9.69 Å². The van der Waals surface area contributed by atoms with Crippen molar-refractivity contribution in [2.45, 2.75) is 13.0 Å². The molecule has 1 rings (SSSR count). The first kappa shape index (κ1) is 11.0. The van der Waals surface area contributed by atoms with E-state index in [1.165, 1.54) is 0 Å². The van der Waals surface area contributed by atoms with Crippen LogP contribution in [0.5, 0.6) is 0 Å². The first-order valence-electron chi connectivity index (χ1n) is 4.64. The van der Waals surface area contributed by atoms with E-state index < -0.39 is 0 Å². The van der Waals surface area contributed by atoms with Crippen LogP contribution in [0.4, 0.5) is 0 Å². The number of hydrogen-bond acceptors (Lipinski definition) is 4. The molecule has 0 bridgehead atoms. The smallest absolute Gasteiger partial charge is 0.176 e. The van der Waals surface area contributed by atoms with Crippen molar-refractivity contribution in [2.24, 2.45) is 0 Å². The average Bonchev–Trinajstić information content (AvgIpc) is 2.15. The largest absolute Gasteiger partial charge is 0.374 e. The molecular formula is C9H17NO2S. The van der Waals surface area contributed by atoms with E-state index in [0.29, 0.717) is 6.61 Å². The fraction of sp³-hybridized carbons (Fsp3) is 0.889. The molecule has 0 aromatic rings. The third kappa shape index (κ3) is 3.29. The van der Waals surface area contributed by atoms with Crippen molar-refractivity contribution >= 4 is 17.5 Å². The Bertz CT molecular complexity index is 175. The van der Waals surface area contributed by atoms with Gasteiger partial charge in [-0.2, -0.15) is 11.8 Å². The minimum Gasteiger partial charge on any atom is -0.374 e. The van der Waals surface area contributed by atoms with Crippen molar-refractivity contribution in [2.75, 3.05) is 38.3 Å². The quantitative estimate of drug-likeness (QED) is 0.670. The predicted molar refractivity (Wildman–Crippen MR) is 55.2 cm³/mol. The second-order valence-corrected chi connectivity index (χ2v) is 4.32. The molecule has 13 heavy (non-hydrogen) atoms. The maximum absolute atomic E-state index is 11.6. The summed E-state index contributed by atoms with van der Waals surface area (Å²) in [6, 6.07) is 0.0744. The summed E-state index contributed by atoms with van der Waals surface area (Å²) >= 11 is 1.85. The molecule has 1 saturated heterocycles. The zero-order valence-corrected chi connectivity index (χ0v) is 9.10. The molecule has 0 aromatic carbocycles. The maximum atomic E-state index is 11.6. The summed E-state index contributed by atoms with van der Waals surface area (Å²) < 4.78 is 5.11. The number of carbonyl (C=O) groups is 1. The lowest BCUT2D eigenvalue weighted by Gasteiger charge is -2.30. The van der Waals surface area contributed by atoms with Gasteiger partial charge < -0.3 is 4.74 Å².